The van der Waals surface area contributed by atoms with Gasteiger partial charge >= 0.3 is 0 Å². The number of nitrogens with zero attached hydrogens (tertiary/aromatic N) is 2. The second-order valence-corrected chi connectivity index (χ2v) is 6.26. The predicted octanol–water partition coefficient (Wildman–Crippen LogP) is 2.86. The van der Waals surface area contributed by atoms with E-state index >= 15 is 0 Å². The number of para-hydroxylation sites is 1. The lowest BCUT2D eigenvalue weighted by atomic mass is 10.2. The predicted molar refractivity (Wildman–Crippen MR) is 80.8 cm³/mol. The molecule has 0 amide bonds. The van der Waals surface area contributed by atoms with Gasteiger partial charge in [0.25, 0.3) is 0 Å². The fourth-order valence-corrected chi connectivity index (χ4v) is 3.58. The quantitative estimate of drug-likeness (QED) is 0.908. The Bertz CT molecular complexity index is 503. The number of thioether (sulfide) groups is 1. The highest BCUT2D eigenvalue weighted by Crippen LogP contribution is 2.25. The average molecular weight is 273 g/mol. The lowest BCUT2D eigenvalue weighted by Gasteiger charge is -2.08. The van der Waals surface area contributed by atoms with Crippen LogP contribution in [0.4, 0.5) is 0 Å². The molecule has 0 aliphatic carbocycles. The number of nitrogens with one attached hydrogen (secondary N) is 1. The second-order valence-electron chi connectivity index (χ2n) is 4.85. The number of hydrogen-bond acceptors (Lipinski definition) is 3. The zero-order valence-electron chi connectivity index (χ0n) is 11.0. The standard InChI is InChI=1S/C15H19N3S/c1-2-5-14(6-3-1)18-9-8-13(17-18)11-16-12-15-7-4-10-19-15/h1-3,5-6,8-9,15-16H,4,7,10-12H2. The maximum atomic E-state index is 4.59. The summed E-state index contributed by atoms with van der Waals surface area (Å²) in [5, 5.41) is 8.91. The molecular formula is C15H19N3S. The highest BCUT2D eigenvalue weighted by molar-refractivity contribution is 8.00. The third-order valence-corrected chi connectivity index (χ3v) is 4.77. The van der Waals surface area contributed by atoms with Crippen molar-refractivity contribution in [1.82, 2.24) is 15.1 Å². The number of aromatic nitrogens is 2. The number of hydrogen-bond donors (Lipinski definition) is 1. The van der Waals surface area contributed by atoms with Gasteiger partial charge in [-0.25, -0.2) is 4.68 Å². The highest BCUT2D eigenvalue weighted by Gasteiger charge is 2.14. The van der Waals surface area contributed by atoms with Crippen molar-refractivity contribution in [2.45, 2.75) is 24.6 Å². The van der Waals surface area contributed by atoms with E-state index in [9.17, 15) is 0 Å². The van der Waals surface area contributed by atoms with Crippen molar-refractivity contribution in [3.8, 4) is 5.69 Å². The average Bonchev–Trinajstić information content (AvgIpc) is 3.11. The summed E-state index contributed by atoms with van der Waals surface area (Å²) in [6, 6.07) is 12.3. The van der Waals surface area contributed by atoms with Crippen LogP contribution in [0.25, 0.3) is 5.69 Å². The van der Waals surface area contributed by atoms with Gasteiger partial charge in [-0.05, 0) is 36.8 Å². The first-order valence-electron chi connectivity index (χ1n) is 6.84. The number of benzene rings is 1. The molecule has 19 heavy (non-hydrogen) atoms. The molecule has 1 saturated heterocycles. The summed E-state index contributed by atoms with van der Waals surface area (Å²) in [6.45, 7) is 1.96. The van der Waals surface area contributed by atoms with Gasteiger partial charge in [0.05, 0.1) is 11.4 Å². The zero-order valence-corrected chi connectivity index (χ0v) is 11.8. The van der Waals surface area contributed by atoms with Crippen molar-refractivity contribution in [3.63, 3.8) is 0 Å². The van der Waals surface area contributed by atoms with Crippen LogP contribution in [0.1, 0.15) is 18.5 Å². The minimum absolute atomic E-state index is 0.802. The summed E-state index contributed by atoms with van der Waals surface area (Å²) in [4.78, 5) is 0. The summed E-state index contributed by atoms with van der Waals surface area (Å²) in [5.74, 6) is 1.33. The Morgan fingerprint density at radius 1 is 1.26 bits per heavy atom. The molecule has 3 rings (SSSR count). The van der Waals surface area contributed by atoms with Gasteiger partial charge in [-0.2, -0.15) is 16.9 Å². The lowest BCUT2D eigenvalue weighted by Crippen LogP contribution is -2.22. The second kappa shape index (κ2) is 6.26. The van der Waals surface area contributed by atoms with Gasteiger partial charge in [0, 0.05) is 24.5 Å². The lowest BCUT2D eigenvalue weighted by molar-refractivity contribution is 0.633. The van der Waals surface area contributed by atoms with Gasteiger partial charge < -0.3 is 5.32 Å². The first-order chi connectivity index (χ1) is 9.42. The Kier molecular flexibility index (Phi) is 4.20. The van der Waals surface area contributed by atoms with Crippen LogP contribution >= 0.6 is 11.8 Å². The maximum Gasteiger partial charge on any atom is 0.0766 e. The van der Waals surface area contributed by atoms with Crippen molar-refractivity contribution in [3.05, 3.63) is 48.3 Å². The van der Waals surface area contributed by atoms with E-state index in [1.165, 1.54) is 18.6 Å². The molecule has 2 heterocycles. The molecule has 0 saturated carbocycles. The molecule has 1 unspecified atom stereocenters. The van der Waals surface area contributed by atoms with Crippen LogP contribution < -0.4 is 5.32 Å². The topological polar surface area (TPSA) is 29.9 Å². The smallest absolute Gasteiger partial charge is 0.0766 e. The Labute approximate surface area is 118 Å². The van der Waals surface area contributed by atoms with Crippen LogP contribution in [0.15, 0.2) is 42.6 Å². The van der Waals surface area contributed by atoms with Gasteiger partial charge in [0.1, 0.15) is 0 Å². The monoisotopic (exact) mass is 273 g/mol. The van der Waals surface area contributed by atoms with E-state index in [1.807, 2.05) is 29.1 Å². The van der Waals surface area contributed by atoms with Crippen LogP contribution in [0.5, 0.6) is 0 Å². The van der Waals surface area contributed by atoms with Crippen molar-refractivity contribution >= 4 is 11.8 Å². The molecule has 0 bridgehead atoms. The van der Waals surface area contributed by atoms with Gasteiger partial charge in [-0.1, -0.05) is 18.2 Å². The largest absolute Gasteiger partial charge is 0.310 e. The molecule has 1 aromatic heterocycles. The molecule has 1 aliphatic rings. The molecule has 0 spiro atoms. The molecular weight excluding hydrogens is 254 g/mol. The molecule has 0 radical (unpaired) electrons. The molecule has 1 atom stereocenters. The minimum Gasteiger partial charge on any atom is -0.310 e. The third-order valence-electron chi connectivity index (χ3n) is 3.37. The van der Waals surface area contributed by atoms with Crippen LogP contribution in [-0.4, -0.2) is 27.3 Å². The SMILES string of the molecule is c1ccc(-n2ccc(CNCC3CCCS3)n2)cc1. The maximum absolute atomic E-state index is 4.59. The molecule has 100 valence electrons. The van der Waals surface area contributed by atoms with Crippen LogP contribution in [0, 0.1) is 0 Å². The Hall–Kier alpha value is -1.26. The fraction of sp³-hybridized carbons (Fsp3) is 0.400. The van der Waals surface area contributed by atoms with Gasteiger partial charge in [0.2, 0.25) is 0 Å². The Morgan fingerprint density at radius 2 is 2.16 bits per heavy atom. The van der Waals surface area contributed by atoms with E-state index in [0.717, 1.165) is 29.7 Å². The highest BCUT2D eigenvalue weighted by atomic mass is 32.2. The molecule has 3 nitrogen and oxygen atoms in total. The molecule has 1 aromatic carbocycles. The molecule has 2 aromatic rings. The van der Waals surface area contributed by atoms with E-state index in [2.05, 4.69) is 40.4 Å². The van der Waals surface area contributed by atoms with Gasteiger partial charge in [-0.3, -0.25) is 0 Å². The van der Waals surface area contributed by atoms with E-state index in [1.54, 1.807) is 0 Å². The van der Waals surface area contributed by atoms with Crippen molar-refractivity contribution < 1.29 is 0 Å². The Morgan fingerprint density at radius 3 is 2.95 bits per heavy atom. The van der Waals surface area contributed by atoms with E-state index in [-0.39, 0.29) is 0 Å². The van der Waals surface area contributed by atoms with Gasteiger partial charge in [0.15, 0.2) is 0 Å². The van der Waals surface area contributed by atoms with E-state index in [0.29, 0.717) is 0 Å². The normalized spacial score (nSPS) is 18.8. The third kappa shape index (κ3) is 3.39. The van der Waals surface area contributed by atoms with Crippen molar-refractivity contribution in [2.75, 3.05) is 12.3 Å². The van der Waals surface area contributed by atoms with Gasteiger partial charge in [-0.15, -0.1) is 0 Å². The van der Waals surface area contributed by atoms with E-state index in [4.69, 9.17) is 0 Å². The Balaban J connectivity index is 1.53. The molecule has 1 aliphatic heterocycles. The zero-order chi connectivity index (χ0) is 12.9. The first-order valence-corrected chi connectivity index (χ1v) is 7.89. The first kappa shape index (κ1) is 12.8. The molecule has 4 heteroatoms. The summed E-state index contributed by atoms with van der Waals surface area (Å²) in [6.07, 6.45) is 4.76. The summed E-state index contributed by atoms with van der Waals surface area (Å²) >= 11 is 2.09. The molecule has 1 fully saturated rings. The van der Waals surface area contributed by atoms with Crippen LogP contribution in [0.3, 0.4) is 0 Å². The number of rotatable bonds is 5. The fourth-order valence-electron chi connectivity index (χ4n) is 2.35. The summed E-state index contributed by atoms with van der Waals surface area (Å²) < 4.78 is 1.93. The van der Waals surface area contributed by atoms with Crippen molar-refractivity contribution in [1.29, 1.82) is 0 Å². The van der Waals surface area contributed by atoms with Crippen LogP contribution in [0.2, 0.25) is 0 Å². The summed E-state index contributed by atoms with van der Waals surface area (Å²) in [7, 11) is 0. The minimum atomic E-state index is 0.802. The summed E-state index contributed by atoms with van der Waals surface area (Å²) in [5.41, 5.74) is 2.21. The van der Waals surface area contributed by atoms with Crippen molar-refractivity contribution in [2.24, 2.45) is 0 Å². The molecule has 1 N–H and O–H groups in total. The van der Waals surface area contributed by atoms with Crippen LogP contribution in [-0.2, 0) is 6.54 Å². The van der Waals surface area contributed by atoms with E-state index < -0.39 is 0 Å².